The first kappa shape index (κ1) is 10.2. The number of carbonyl (C=O) groups excluding carboxylic acids is 1. The van der Waals surface area contributed by atoms with Crippen LogP contribution in [-0.4, -0.2) is 16.6 Å². The van der Waals surface area contributed by atoms with E-state index in [4.69, 9.17) is 11.1 Å². The average molecular weight is 214 g/mol. The quantitative estimate of drug-likeness (QED) is 0.376. The van der Waals surface area contributed by atoms with E-state index in [1.54, 1.807) is 18.2 Å². The van der Waals surface area contributed by atoms with Gasteiger partial charge in [0.2, 0.25) is 5.78 Å². The number of nitrogen functional groups attached to an aromatic ring is 1. The molecule has 0 saturated heterocycles. The minimum atomic E-state index is -0.339. The Kier molecular flexibility index (Phi) is 2.32. The average Bonchev–Trinajstić information content (AvgIpc) is 2.26. The third-order valence-electron chi connectivity index (χ3n) is 2.35. The maximum absolute atomic E-state index is 11.3. The second-order valence-corrected chi connectivity index (χ2v) is 3.48. The number of aromatic hydroxyl groups is 1. The van der Waals surface area contributed by atoms with Crippen molar-refractivity contribution in [3.05, 3.63) is 42.0 Å². The second kappa shape index (κ2) is 3.66. The fourth-order valence-corrected chi connectivity index (χ4v) is 1.43. The highest BCUT2D eigenvalue weighted by Gasteiger charge is 2.11. The van der Waals surface area contributed by atoms with E-state index in [0.717, 1.165) is 0 Å². The molecule has 0 radical (unpaired) electrons. The number of hydrogen-bond donors (Lipinski definition) is 3. The van der Waals surface area contributed by atoms with Crippen molar-refractivity contribution in [1.82, 2.24) is 0 Å². The van der Waals surface area contributed by atoms with Crippen molar-refractivity contribution in [1.29, 1.82) is 5.41 Å². The molecule has 4 N–H and O–H groups in total. The molecule has 0 unspecified atom stereocenters. The molecule has 0 amide bonds. The van der Waals surface area contributed by atoms with Crippen molar-refractivity contribution in [3.63, 3.8) is 0 Å². The van der Waals surface area contributed by atoms with Gasteiger partial charge in [0.1, 0.15) is 11.5 Å². The Labute approximate surface area is 92.2 Å². The van der Waals surface area contributed by atoms with Crippen molar-refractivity contribution in [3.8, 4) is 5.75 Å². The Hall–Kier alpha value is -2.36. The summed E-state index contributed by atoms with van der Waals surface area (Å²) in [7, 11) is 0. The monoisotopic (exact) mass is 214 g/mol. The lowest BCUT2D eigenvalue weighted by molar-refractivity contribution is -0.108. The number of nitrogens with two attached hydrogens (primary N) is 1. The molecule has 16 heavy (non-hydrogen) atoms. The molecule has 4 heteroatoms. The third kappa shape index (κ3) is 1.72. The maximum Gasteiger partial charge on any atom is 0.204 e. The molecule has 1 aliphatic carbocycles. The fraction of sp³-hybridized carbons (Fsp3) is 0. The molecule has 80 valence electrons. The molecular formula is C12H10N2O2. The summed E-state index contributed by atoms with van der Waals surface area (Å²) in [6.07, 6.45) is 4.47. The standard InChI is InChI=1S/C12H10N2O2/c13-9-3-1-7(5-11(9)15)8-2-4-10(14)12(16)6-8/h1-6,13,16H,14H2. The van der Waals surface area contributed by atoms with Gasteiger partial charge in [-0.25, -0.2) is 0 Å². The normalized spacial score (nSPS) is 15.1. The molecule has 0 bridgehead atoms. The number of phenolic OH excluding ortho intramolecular Hbond substituents is 1. The SMILES string of the molecule is N=C1C=CC(c2ccc(N)c(O)c2)=CC1=O. The highest BCUT2D eigenvalue weighted by atomic mass is 16.3. The highest BCUT2D eigenvalue weighted by molar-refractivity contribution is 6.49. The number of nitrogens with one attached hydrogen (secondary N) is 1. The molecule has 1 aromatic rings. The van der Waals surface area contributed by atoms with Crippen molar-refractivity contribution >= 4 is 22.8 Å². The van der Waals surface area contributed by atoms with Gasteiger partial charge in [0.05, 0.1) is 5.69 Å². The van der Waals surface area contributed by atoms with Gasteiger partial charge in [-0.1, -0.05) is 12.1 Å². The summed E-state index contributed by atoms with van der Waals surface area (Å²) < 4.78 is 0. The summed E-state index contributed by atoms with van der Waals surface area (Å²) in [5.41, 5.74) is 7.10. The van der Waals surface area contributed by atoms with E-state index in [2.05, 4.69) is 0 Å². The van der Waals surface area contributed by atoms with Gasteiger partial charge in [-0.15, -0.1) is 0 Å². The van der Waals surface area contributed by atoms with Gasteiger partial charge in [0, 0.05) is 0 Å². The second-order valence-electron chi connectivity index (χ2n) is 3.48. The molecule has 0 aliphatic heterocycles. The van der Waals surface area contributed by atoms with Crippen LogP contribution in [0, 0.1) is 5.41 Å². The van der Waals surface area contributed by atoms with Gasteiger partial charge in [-0.2, -0.15) is 0 Å². The lowest BCUT2D eigenvalue weighted by Crippen LogP contribution is -2.10. The van der Waals surface area contributed by atoms with Gasteiger partial charge in [-0.3, -0.25) is 10.2 Å². The van der Waals surface area contributed by atoms with E-state index < -0.39 is 0 Å². The number of rotatable bonds is 1. The van der Waals surface area contributed by atoms with E-state index >= 15 is 0 Å². The van der Waals surface area contributed by atoms with Crippen LogP contribution in [0.1, 0.15) is 5.56 Å². The summed E-state index contributed by atoms with van der Waals surface area (Å²) >= 11 is 0. The summed E-state index contributed by atoms with van der Waals surface area (Å²) in [6, 6.07) is 4.78. The number of benzene rings is 1. The number of anilines is 1. The van der Waals surface area contributed by atoms with Crippen LogP contribution in [0.2, 0.25) is 0 Å². The van der Waals surface area contributed by atoms with E-state index in [1.165, 1.54) is 18.2 Å². The first-order valence-electron chi connectivity index (χ1n) is 4.69. The molecular weight excluding hydrogens is 204 g/mol. The molecule has 0 aromatic heterocycles. The summed E-state index contributed by atoms with van der Waals surface area (Å²) in [5.74, 6) is -0.353. The van der Waals surface area contributed by atoms with Crippen LogP contribution < -0.4 is 5.73 Å². The smallest absolute Gasteiger partial charge is 0.204 e. The predicted octanol–water partition coefficient (Wildman–Crippen LogP) is 1.52. The van der Waals surface area contributed by atoms with Crippen molar-refractivity contribution in [2.24, 2.45) is 0 Å². The molecule has 0 saturated carbocycles. The third-order valence-corrected chi connectivity index (χ3v) is 2.35. The Bertz CT molecular complexity index is 542. The number of carbonyl (C=O) groups is 1. The Morgan fingerprint density at radius 2 is 2.00 bits per heavy atom. The van der Waals surface area contributed by atoms with E-state index in [-0.39, 0.29) is 17.2 Å². The van der Waals surface area contributed by atoms with Gasteiger partial charge in [0.15, 0.2) is 0 Å². The van der Waals surface area contributed by atoms with Crippen molar-refractivity contribution in [2.75, 3.05) is 5.73 Å². The zero-order chi connectivity index (χ0) is 11.7. The predicted molar refractivity (Wildman–Crippen MR) is 62.4 cm³/mol. The topological polar surface area (TPSA) is 87.2 Å². The number of allylic oxidation sites excluding steroid dienone is 4. The number of hydrogen-bond acceptors (Lipinski definition) is 4. The lowest BCUT2D eigenvalue weighted by atomic mass is 9.97. The zero-order valence-electron chi connectivity index (χ0n) is 8.40. The van der Waals surface area contributed by atoms with Gasteiger partial charge < -0.3 is 10.8 Å². The maximum atomic E-state index is 11.3. The van der Waals surface area contributed by atoms with Crippen LogP contribution in [0.3, 0.4) is 0 Å². The minimum Gasteiger partial charge on any atom is -0.506 e. The van der Waals surface area contributed by atoms with Gasteiger partial charge >= 0.3 is 0 Å². The van der Waals surface area contributed by atoms with Crippen LogP contribution in [0.4, 0.5) is 5.69 Å². The number of phenols is 1. The van der Waals surface area contributed by atoms with Crippen LogP contribution in [0.5, 0.6) is 5.75 Å². The first-order valence-corrected chi connectivity index (χ1v) is 4.69. The molecule has 4 nitrogen and oxygen atoms in total. The van der Waals surface area contributed by atoms with Crippen molar-refractivity contribution in [2.45, 2.75) is 0 Å². The fourth-order valence-electron chi connectivity index (χ4n) is 1.43. The number of ketones is 1. The Balaban J connectivity index is 2.43. The molecule has 2 rings (SSSR count). The molecule has 0 fully saturated rings. The summed E-state index contributed by atoms with van der Waals surface area (Å²) in [6.45, 7) is 0. The Morgan fingerprint density at radius 3 is 2.62 bits per heavy atom. The molecule has 1 aromatic carbocycles. The zero-order valence-corrected chi connectivity index (χ0v) is 8.40. The molecule has 0 atom stereocenters. The summed E-state index contributed by atoms with van der Waals surface area (Å²) in [4.78, 5) is 11.3. The van der Waals surface area contributed by atoms with Crippen LogP contribution in [-0.2, 0) is 4.79 Å². The molecule has 0 heterocycles. The molecule has 1 aliphatic rings. The van der Waals surface area contributed by atoms with Crippen LogP contribution >= 0.6 is 0 Å². The van der Waals surface area contributed by atoms with Gasteiger partial charge in [0.25, 0.3) is 0 Å². The Morgan fingerprint density at radius 1 is 1.25 bits per heavy atom. The van der Waals surface area contributed by atoms with E-state index in [9.17, 15) is 9.90 Å². The lowest BCUT2D eigenvalue weighted by Gasteiger charge is -2.08. The van der Waals surface area contributed by atoms with Crippen molar-refractivity contribution < 1.29 is 9.90 Å². The molecule has 0 spiro atoms. The first-order chi connectivity index (χ1) is 7.58. The summed E-state index contributed by atoms with van der Waals surface area (Å²) in [5, 5.41) is 16.7. The van der Waals surface area contributed by atoms with E-state index in [0.29, 0.717) is 16.8 Å². The van der Waals surface area contributed by atoms with Crippen LogP contribution in [0.25, 0.3) is 5.57 Å². The van der Waals surface area contributed by atoms with Gasteiger partial charge in [-0.05, 0) is 35.4 Å². The minimum absolute atomic E-state index is 0.0140. The van der Waals surface area contributed by atoms with Crippen LogP contribution in [0.15, 0.2) is 36.4 Å². The largest absolute Gasteiger partial charge is 0.506 e. The van der Waals surface area contributed by atoms with E-state index in [1.807, 2.05) is 0 Å². The highest BCUT2D eigenvalue weighted by Crippen LogP contribution is 2.26.